The molecule has 5 heteroatoms. The molecule has 0 radical (unpaired) electrons. The quantitative estimate of drug-likeness (QED) is 0.747. The number of benzene rings is 1. The van der Waals surface area contributed by atoms with Crippen LogP contribution in [0.1, 0.15) is 26.2 Å². The molecule has 2 atom stereocenters. The number of carbonyl (C=O) groups is 1. The van der Waals surface area contributed by atoms with Gasteiger partial charge in [-0.15, -0.1) is 0 Å². The first-order valence-corrected chi connectivity index (χ1v) is 7.36. The van der Waals surface area contributed by atoms with Crippen molar-refractivity contribution in [3.8, 4) is 5.75 Å². The number of para-hydroxylation sites is 2. The van der Waals surface area contributed by atoms with Crippen LogP contribution in [0.4, 0.5) is 5.69 Å². The van der Waals surface area contributed by atoms with Crippen molar-refractivity contribution in [2.75, 3.05) is 25.6 Å². The number of ether oxygens (including phenoxy) is 1. The van der Waals surface area contributed by atoms with Gasteiger partial charge in [0.25, 0.3) is 0 Å². The average molecular weight is 292 g/mol. The van der Waals surface area contributed by atoms with Crippen LogP contribution in [0.3, 0.4) is 0 Å². The summed E-state index contributed by atoms with van der Waals surface area (Å²) in [5.74, 6) is 0.652. The van der Waals surface area contributed by atoms with Crippen LogP contribution < -0.4 is 15.4 Å². The molecule has 0 spiro atoms. The molecule has 1 aliphatic rings. The molecule has 1 aromatic rings. The Labute approximate surface area is 125 Å². The van der Waals surface area contributed by atoms with Crippen LogP contribution in [0.5, 0.6) is 5.75 Å². The molecule has 1 amide bonds. The lowest BCUT2D eigenvalue weighted by atomic mass is 9.86. The highest BCUT2D eigenvalue weighted by molar-refractivity contribution is 5.81. The normalized spacial score (nSPS) is 24.6. The molecular weight excluding hydrogens is 268 g/mol. The lowest BCUT2D eigenvalue weighted by Gasteiger charge is -2.30. The van der Waals surface area contributed by atoms with Gasteiger partial charge in [-0.25, -0.2) is 0 Å². The van der Waals surface area contributed by atoms with Crippen LogP contribution in [0.2, 0.25) is 0 Å². The lowest BCUT2D eigenvalue weighted by molar-refractivity contribution is -0.120. The van der Waals surface area contributed by atoms with Crippen LogP contribution in [0, 0.1) is 5.41 Å². The highest BCUT2D eigenvalue weighted by atomic mass is 16.5. The van der Waals surface area contributed by atoms with E-state index in [0.717, 1.165) is 24.9 Å². The number of aliphatic hydroxyl groups is 1. The molecule has 2 rings (SSSR count). The second-order valence-electron chi connectivity index (χ2n) is 5.88. The summed E-state index contributed by atoms with van der Waals surface area (Å²) in [6.45, 7) is 2.33. The summed E-state index contributed by atoms with van der Waals surface area (Å²) in [5.41, 5.74) is 0.603. The van der Waals surface area contributed by atoms with Crippen molar-refractivity contribution in [2.45, 2.75) is 32.2 Å². The summed E-state index contributed by atoms with van der Waals surface area (Å²) in [5, 5.41) is 15.6. The SMILES string of the molecule is COc1ccccc1NCC(=O)NC1CCCC1(C)CO. The fourth-order valence-corrected chi connectivity index (χ4v) is 2.88. The van der Waals surface area contributed by atoms with Crippen molar-refractivity contribution >= 4 is 11.6 Å². The van der Waals surface area contributed by atoms with E-state index in [1.807, 2.05) is 31.2 Å². The molecule has 1 fully saturated rings. The van der Waals surface area contributed by atoms with Crippen LogP contribution in [0.15, 0.2) is 24.3 Å². The molecule has 5 nitrogen and oxygen atoms in total. The number of rotatable bonds is 6. The number of aliphatic hydroxyl groups excluding tert-OH is 1. The second kappa shape index (κ2) is 6.80. The maximum absolute atomic E-state index is 12.1. The highest BCUT2D eigenvalue weighted by Crippen LogP contribution is 2.37. The summed E-state index contributed by atoms with van der Waals surface area (Å²) in [6.07, 6.45) is 2.92. The molecule has 0 heterocycles. The van der Waals surface area contributed by atoms with Gasteiger partial charge in [0.05, 0.1) is 25.9 Å². The summed E-state index contributed by atoms with van der Waals surface area (Å²) in [4.78, 5) is 12.1. The van der Waals surface area contributed by atoms with Gasteiger partial charge in [-0.2, -0.15) is 0 Å². The van der Waals surface area contributed by atoms with Crippen molar-refractivity contribution in [1.29, 1.82) is 0 Å². The second-order valence-corrected chi connectivity index (χ2v) is 5.88. The number of hydrogen-bond donors (Lipinski definition) is 3. The molecule has 1 saturated carbocycles. The molecule has 0 aromatic heterocycles. The van der Waals surface area contributed by atoms with Gasteiger partial charge < -0.3 is 20.5 Å². The van der Waals surface area contributed by atoms with E-state index in [4.69, 9.17) is 4.74 Å². The Morgan fingerprint density at radius 1 is 1.48 bits per heavy atom. The van der Waals surface area contributed by atoms with E-state index in [0.29, 0.717) is 5.75 Å². The van der Waals surface area contributed by atoms with Crippen LogP contribution >= 0.6 is 0 Å². The van der Waals surface area contributed by atoms with Gasteiger partial charge in [0.15, 0.2) is 0 Å². The predicted molar refractivity (Wildman–Crippen MR) is 82.5 cm³/mol. The van der Waals surface area contributed by atoms with E-state index in [2.05, 4.69) is 10.6 Å². The average Bonchev–Trinajstić information content (AvgIpc) is 2.87. The third-order valence-electron chi connectivity index (χ3n) is 4.32. The van der Waals surface area contributed by atoms with Crippen LogP contribution in [-0.4, -0.2) is 37.3 Å². The van der Waals surface area contributed by atoms with E-state index in [-0.39, 0.29) is 30.5 Å². The van der Waals surface area contributed by atoms with Crippen molar-refractivity contribution in [3.63, 3.8) is 0 Å². The fourth-order valence-electron chi connectivity index (χ4n) is 2.88. The molecule has 3 N–H and O–H groups in total. The van der Waals surface area contributed by atoms with Gasteiger partial charge in [-0.05, 0) is 25.0 Å². The number of nitrogens with one attached hydrogen (secondary N) is 2. The minimum atomic E-state index is -0.194. The molecule has 0 aliphatic heterocycles. The summed E-state index contributed by atoms with van der Waals surface area (Å²) in [7, 11) is 1.60. The maximum Gasteiger partial charge on any atom is 0.239 e. The minimum Gasteiger partial charge on any atom is -0.495 e. The first-order chi connectivity index (χ1) is 10.1. The number of carbonyl (C=O) groups excluding carboxylic acids is 1. The van der Waals surface area contributed by atoms with Gasteiger partial charge in [0, 0.05) is 11.5 Å². The van der Waals surface area contributed by atoms with Gasteiger partial charge >= 0.3 is 0 Å². The Hall–Kier alpha value is -1.75. The third kappa shape index (κ3) is 3.67. The van der Waals surface area contributed by atoms with Crippen LogP contribution in [0.25, 0.3) is 0 Å². The third-order valence-corrected chi connectivity index (χ3v) is 4.32. The number of hydrogen-bond acceptors (Lipinski definition) is 4. The number of anilines is 1. The Bertz CT molecular complexity index is 492. The van der Waals surface area contributed by atoms with Gasteiger partial charge in [-0.1, -0.05) is 25.5 Å². The molecule has 116 valence electrons. The van der Waals surface area contributed by atoms with Crippen molar-refractivity contribution in [2.24, 2.45) is 5.41 Å². The topological polar surface area (TPSA) is 70.6 Å². The van der Waals surface area contributed by atoms with E-state index in [9.17, 15) is 9.90 Å². The maximum atomic E-state index is 12.1. The molecular formula is C16H24N2O3. The van der Waals surface area contributed by atoms with E-state index in [1.54, 1.807) is 7.11 Å². The highest BCUT2D eigenvalue weighted by Gasteiger charge is 2.38. The molecule has 1 aliphatic carbocycles. The fraction of sp³-hybridized carbons (Fsp3) is 0.562. The minimum absolute atomic E-state index is 0.0504. The zero-order chi connectivity index (χ0) is 15.3. The zero-order valence-corrected chi connectivity index (χ0v) is 12.7. The first-order valence-electron chi connectivity index (χ1n) is 7.36. The Morgan fingerprint density at radius 3 is 2.95 bits per heavy atom. The number of methoxy groups -OCH3 is 1. The standard InChI is InChI=1S/C16H24N2O3/c1-16(11-19)9-5-8-14(16)18-15(20)10-17-12-6-3-4-7-13(12)21-2/h3-4,6-7,14,17,19H,5,8-11H2,1-2H3,(H,18,20). The predicted octanol–water partition coefficient (Wildman–Crippen LogP) is 1.77. The monoisotopic (exact) mass is 292 g/mol. The molecule has 1 aromatic carbocycles. The Kier molecular flexibility index (Phi) is 5.07. The largest absolute Gasteiger partial charge is 0.495 e. The molecule has 21 heavy (non-hydrogen) atoms. The Morgan fingerprint density at radius 2 is 2.24 bits per heavy atom. The van der Waals surface area contributed by atoms with Gasteiger partial charge in [0.2, 0.25) is 5.91 Å². The summed E-state index contributed by atoms with van der Waals surface area (Å²) >= 11 is 0. The van der Waals surface area contributed by atoms with E-state index >= 15 is 0 Å². The molecule has 0 bridgehead atoms. The zero-order valence-electron chi connectivity index (χ0n) is 12.7. The first kappa shape index (κ1) is 15.6. The Balaban J connectivity index is 1.88. The number of amides is 1. The molecule has 2 unspecified atom stereocenters. The van der Waals surface area contributed by atoms with Crippen molar-refractivity contribution in [1.82, 2.24) is 5.32 Å². The van der Waals surface area contributed by atoms with E-state index in [1.165, 1.54) is 0 Å². The molecule has 0 saturated heterocycles. The summed E-state index contributed by atoms with van der Waals surface area (Å²) < 4.78 is 5.23. The van der Waals surface area contributed by atoms with Crippen molar-refractivity contribution in [3.05, 3.63) is 24.3 Å². The van der Waals surface area contributed by atoms with Gasteiger partial charge in [0.1, 0.15) is 5.75 Å². The van der Waals surface area contributed by atoms with Crippen molar-refractivity contribution < 1.29 is 14.6 Å². The lowest BCUT2D eigenvalue weighted by Crippen LogP contribution is -2.46. The van der Waals surface area contributed by atoms with Crippen LogP contribution in [-0.2, 0) is 4.79 Å². The smallest absolute Gasteiger partial charge is 0.239 e. The van der Waals surface area contributed by atoms with Gasteiger partial charge in [-0.3, -0.25) is 4.79 Å². The van der Waals surface area contributed by atoms with E-state index < -0.39 is 0 Å². The summed E-state index contributed by atoms with van der Waals surface area (Å²) in [6, 6.07) is 7.55.